The lowest BCUT2D eigenvalue weighted by Gasteiger charge is -2.50. The van der Waals surface area contributed by atoms with Crippen molar-refractivity contribution in [3.63, 3.8) is 0 Å². The van der Waals surface area contributed by atoms with Crippen LogP contribution in [0.1, 0.15) is 153 Å². The first-order valence-corrected chi connectivity index (χ1v) is 28.9. The highest BCUT2D eigenvalue weighted by Crippen LogP contribution is 2.38. The first kappa shape index (κ1) is 68.0. The molecule has 5 heterocycles. The molecule has 5 rings (SSSR count). The second-order valence-electron chi connectivity index (χ2n) is 22.7. The van der Waals surface area contributed by atoms with Gasteiger partial charge in [0.1, 0.15) is 67.6 Å². The van der Waals surface area contributed by atoms with E-state index < -0.39 is 195 Å². The molecule has 27 unspecified atom stereocenters. The zero-order valence-electron chi connectivity index (χ0n) is 48.0. The number of aliphatic hydroxyl groups excluding tert-OH is 9. The van der Waals surface area contributed by atoms with Crippen LogP contribution in [0.3, 0.4) is 0 Å². The van der Waals surface area contributed by atoms with Crippen LogP contribution >= 0.6 is 0 Å². The molecule has 5 aliphatic rings. The van der Waals surface area contributed by atoms with Crippen molar-refractivity contribution < 1.29 is 122 Å². The Labute approximate surface area is 469 Å². The van der Waals surface area contributed by atoms with Crippen molar-refractivity contribution in [1.29, 1.82) is 0 Å². The van der Waals surface area contributed by atoms with Gasteiger partial charge in [0.05, 0.1) is 60.5 Å². The number of carbonyl (C=O) groups is 4. The Balaban J connectivity index is 1.60. The molecule has 464 valence electrons. The number of unbranched alkanes of at least 4 members (excludes halogenated alkanes) is 2. The molecular weight excluding hydrogens is 1060 g/mol. The van der Waals surface area contributed by atoms with Gasteiger partial charge in [0.25, 0.3) is 0 Å². The average Bonchev–Trinajstić information content (AvgIpc) is 3.58. The van der Waals surface area contributed by atoms with Crippen molar-refractivity contribution >= 4 is 23.9 Å². The van der Waals surface area contributed by atoms with Gasteiger partial charge < -0.3 is 103 Å². The van der Waals surface area contributed by atoms with Crippen molar-refractivity contribution in [2.45, 2.75) is 300 Å². The number of aliphatic hydroxyl groups is 9. The van der Waals surface area contributed by atoms with Crippen LogP contribution < -0.4 is 0 Å². The average molecular weight is 1160 g/mol. The van der Waals surface area contributed by atoms with Gasteiger partial charge in [-0.1, -0.05) is 64.7 Å². The van der Waals surface area contributed by atoms with E-state index in [0.29, 0.717) is 25.7 Å². The third-order valence-electron chi connectivity index (χ3n) is 16.1. The summed E-state index contributed by atoms with van der Waals surface area (Å²) in [6.45, 7) is 14.1. The number of rotatable bonds is 16. The summed E-state index contributed by atoms with van der Waals surface area (Å²) in [4.78, 5) is 54.0. The second-order valence-corrected chi connectivity index (χ2v) is 22.7. The van der Waals surface area contributed by atoms with Gasteiger partial charge in [-0.3, -0.25) is 19.2 Å². The third-order valence-corrected chi connectivity index (χ3v) is 16.1. The molecule has 80 heavy (non-hydrogen) atoms. The summed E-state index contributed by atoms with van der Waals surface area (Å²) in [7, 11) is 0. The van der Waals surface area contributed by atoms with Crippen LogP contribution in [0.4, 0.5) is 0 Å². The molecular formula is C55H94O25. The van der Waals surface area contributed by atoms with Crippen LogP contribution in [0.25, 0.3) is 0 Å². The van der Waals surface area contributed by atoms with Crippen molar-refractivity contribution in [3.8, 4) is 0 Å². The highest BCUT2D eigenvalue weighted by Gasteiger charge is 2.58. The van der Waals surface area contributed by atoms with E-state index in [2.05, 4.69) is 6.92 Å². The maximum atomic E-state index is 14.1. The Morgan fingerprint density at radius 1 is 0.525 bits per heavy atom. The Morgan fingerprint density at radius 2 is 1.04 bits per heavy atom. The minimum Gasteiger partial charge on any atom is -0.463 e. The highest BCUT2D eigenvalue weighted by molar-refractivity contribution is 5.74. The van der Waals surface area contributed by atoms with E-state index in [9.17, 15) is 65.1 Å². The molecule has 0 aromatic carbocycles. The van der Waals surface area contributed by atoms with Crippen LogP contribution in [-0.2, 0) is 76.0 Å². The van der Waals surface area contributed by atoms with Gasteiger partial charge in [-0.15, -0.1) is 0 Å². The van der Waals surface area contributed by atoms with Gasteiger partial charge in [-0.05, 0) is 81.6 Å². The van der Waals surface area contributed by atoms with E-state index in [1.807, 2.05) is 0 Å². The van der Waals surface area contributed by atoms with Gasteiger partial charge in [-0.2, -0.15) is 0 Å². The lowest BCUT2D eigenvalue weighted by molar-refractivity contribution is -0.399. The maximum absolute atomic E-state index is 14.1. The van der Waals surface area contributed by atoms with Crippen LogP contribution in [0.15, 0.2) is 0 Å². The smallest absolute Gasteiger partial charge is 0.311 e. The van der Waals surface area contributed by atoms with E-state index in [1.54, 1.807) is 6.92 Å². The van der Waals surface area contributed by atoms with Gasteiger partial charge in [0.2, 0.25) is 0 Å². The number of esters is 4. The fourth-order valence-electron chi connectivity index (χ4n) is 10.0. The molecule has 9 N–H and O–H groups in total. The number of carbonyl (C=O) groups excluding carboxylic acids is 4. The minimum atomic E-state index is -2.08. The molecule has 5 saturated heterocycles. The fourth-order valence-corrected chi connectivity index (χ4v) is 10.0. The molecule has 0 radical (unpaired) electrons. The fraction of sp³-hybridized carbons (Fsp3) is 0.927. The Morgan fingerprint density at radius 3 is 1.64 bits per heavy atom. The summed E-state index contributed by atoms with van der Waals surface area (Å²) in [5, 5.41) is 101. The van der Waals surface area contributed by atoms with Crippen LogP contribution in [-0.4, -0.2) is 224 Å². The largest absolute Gasteiger partial charge is 0.463 e. The standard InChI is InChI=1S/C55H94O25/c1-11-12-18-21-34-22-19-16-14-13-15-17-20-23-36(59)75-47-44(78-52-42(65)41(64)43(32(9)71-52)76-50(67)26(3)29(6)57)33(10)72-55(48(47)77-51(68)27(4)30(7)58)80-46-40(63)38(61)35(24-69-49(66)25(2)28(5)56)74-54(46)79-45-39(62)37(60)31(8)70-53(45)73-34/h25-35,37-48,52-58,60-65H,11-24H2,1-10H3. The molecule has 25 nitrogen and oxygen atoms in total. The Kier molecular flexibility index (Phi) is 27.1. The molecule has 0 spiro atoms. The summed E-state index contributed by atoms with van der Waals surface area (Å²) in [5.41, 5.74) is 0. The zero-order valence-corrected chi connectivity index (χ0v) is 48.0. The van der Waals surface area contributed by atoms with E-state index in [1.165, 1.54) is 55.4 Å². The molecule has 0 aromatic heterocycles. The predicted molar refractivity (Wildman–Crippen MR) is 276 cm³/mol. The summed E-state index contributed by atoms with van der Waals surface area (Å²) >= 11 is 0. The topological polar surface area (TPSA) is 361 Å². The molecule has 5 aliphatic heterocycles. The van der Waals surface area contributed by atoms with Crippen molar-refractivity contribution in [1.82, 2.24) is 0 Å². The lowest BCUT2D eigenvalue weighted by Crippen LogP contribution is -2.68. The second kappa shape index (κ2) is 31.9. The summed E-state index contributed by atoms with van der Waals surface area (Å²) < 4.78 is 74.1. The zero-order chi connectivity index (χ0) is 59.3. The SMILES string of the molecule is CCCCCC1CCCCCCCCCC(=O)OC2C(OC3OC(C)C(OC(=O)C(C)C(C)O)C(O)C3O)C(C)OC(OC3C(OC(COC(=O)C(C)C(C)O)C(O)C3O)OC3C(O1)OC(C)C(O)C3O)C2OC(=O)C(C)C(C)O. The van der Waals surface area contributed by atoms with E-state index in [-0.39, 0.29) is 6.42 Å². The van der Waals surface area contributed by atoms with Crippen molar-refractivity contribution in [2.75, 3.05) is 6.61 Å². The first-order chi connectivity index (χ1) is 37.8. The van der Waals surface area contributed by atoms with Gasteiger partial charge in [0, 0.05) is 6.42 Å². The third kappa shape index (κ3) is 18.1. The van der Waals surface area contributed by atoms with E-state index >= 15 is 0 Å². The van der Waals surface area contributed by atoms with Crippen molar-refractivity contribution in [2.24, 2.45) is 17.8 Å². The molecule has 27 atom stereocenters. The number of hydrogen-bond donors (Lipinski definition) is 9. The van der Waals surface area contributed by atoms with E-state index in [0.717, 1.165) is 51.4 Å². The monoisotopic (exact) mass is 1150 g/mol. The van der Waals surface area contributed by atoms with Gasteiger partial charge in [0.15, 0.2) is 43.5 Å². The molecule has 2 bridgehead atoms. The van der Waals surface area contributed by atoms with Crippen LogP contribution in [0.5, 0.6) is 0 Å². The van der Waals surface area contributed by atoms with Gasteiger partial charge in [-0.25, -0.2) is 0 Å². The lowest BCUT2D eigenvalue weighted by atomic mass is 9.95. The predicted octanol–water partition coefficient (Wildman–Crippen LogP) is 1.09. The highest BCUT2D eigenvalue weighted by atomic mass is 16.8. The van der Waals surface area contributed by atoms with Crippen LogP contribution in [0.2, 0.25) is 0 Å². The van der Waals surface area contributed by atoms with Gasteiger partial charge >= 0.3 is 23.9 Å². The summed E-state index contributed by atoms with van der Waals surface area (Å²) in [6, 6.07) is 0. The van der Waals surface area contributed by atoms with Crippen molar-refractivity contribution in [3.05, 3.63) is 0 Å². The maximum Gasteiger partial charge on any atom is 0.311 e. The quantitative estimate of drug-likeness (QED) is 0.0593. The minimum absolute atomic E-state index is 0.127. The van der Waals surface area contributed by atoms with Crippen LogP contribution in [0, 0.1) is 17.8 Å². The first-order valence-electron chi connectivity index (χ1n) is 28.9. The summed E-state index contributed by atoms with van der Waals surface area (Å²) in [6.07, 6.45) is -28.3. The molecule has 0 amide bonds. The normalized spacial score (nSPS) is 40.5. The Hall–Kier alpha value is -2.80. The van der Waals surface area contributed by atoms with E-state index in [4.69, 9.17) is 56.8 Å². The number of fused-ring (bicyclic) bond motifs is 4. The molecule has 0 aromatic rings. The molecule has 0 aliphatic carbocycles. The molecule has 0 saturated carbocycles. The molecule has 25 heteroatoms. The number of ether oxygens (including phenoxy) is 12. The Bertz CT molecular complexity index is 1890. The molecule has 5 fully saturated rings. The summed E-state index contributed by atoms with van der Waals surface area (Å²) in [5.74, 6) is -6.87. The number of hydrogen-bond acceptors (Lipinski definition) is 25.